The molecule has 0 N–H and O–H groups in total. The number of nitrogens with zero attached hydrogens (tertiary/aromatic N) is 3. The molecule has 1 heterocycles. The first-order chi connectivity index (χ1) is 11.7. The highest BCUT2D eigenvalue weighted by Gasteiger charge is 2.18. The van der Waals surface area contributed by atoms with E-state index >= 15 is 0 Å². The SMILES string of the molecule is CC(C)CN(CC(C)C)C(=O)Cn1cnc2c(Cl)cc(Cl)cc2c1=O. The van der Waals surface area contributed by atoms with Crippen molar-refractivity contribution in [2.24, 2.45) is 11.8 Å². The van der Waals surface area contributed by atoms with Gasteiger partial charge < -0.3 is 4.90 Å². The molecule has 2 rings (SSSR count). The van der Waals surface area contributed by atoms with Crippen LogP contribution in [0.25, 0.3) is 10.9 Å². The largest absolute Gasteiger partial charge is 0.341 e. The highest BCUT2D eigenvalue weighted by atomic mass is 35.5. The number of rotatable bonds is 6. The van der Waals surface area contributed by atoms with Crippen LogP contribution < -0.4 is 5.56 Å². The smallest absolute Gasteiger partial charge is 0.261 e. The number of amides is 1. The van der Waals surface area contributed by atoms with Crippen LogP contribution in [0.5, 0.6) is 0 Å². The maximum Gasteiger partial charge on any atom is 0.261 e. The first-order valence-corrected chi connectivity index (χ1v) is 9.06. The molecule has 7 heteroatoms. The zero-order valence-corrected chi connectivity index (χ0v) is 16.4. The summed E-state index contributed by atoms with van der Waals surface area (Å²) in [6.07, 6.45) is 1.37. The third-order valence-corrected chi connectivity index (χ3v) is 4.18. The summed E-state index contributed by atoms with van der Waals surface area (Å²) in [5, 5.41) is 0.994. The van der Waals surface area contributed by atoms with Crippen molar-refractivity contribution in [3.05, 3.63) is 38.9 Å². The Balaban J connectivity index is 2.33. The molecule has 136 valence electrons. The zero-order chi connectivity index (χ0) is 18.7. The van der Waals surface area contributed by atoms with Crippen LogP contribution in [0.3, 0.4) is 0 Å². The van der Waals surface area contributed by atoms with Gasteiger partial charge >= 0.3 is 0 Å². The number of carbonyl (C=O) groups excluding carboxylic acids is 1. The number of hydrogen-bond acceptors (Lipinski definition) is 3. The van der Waals surface area contributed by atoms with Crippen LogP contribution in [0, 0.1) is 11.8 Å². The lowest BCUT2D eigenvalue weighted by Gasteiger charge is -2.26. The molecule has 0 bridgehead atoms. The highest BCUT2D eigenvalue weighted by molar-refractivity contribution is 6.38. The van der Waals surface area contributed by atoms with Gasteiger partial charge in [-0.3, -0.25) is 14.2 Å². The Morgan fingerprint density at radius 3 is 2.32 bits per heavy atom. The molecule has 0 saturated heterocycles. The Labute approximate surface area is 157 Å². The van der Waals surface area contributed by atoms with Crippen molar-refractivity contribution in [1.29, 1.82) is 0 Å². The van der Waals surface area contributed by atoms with Gasteiger partial charge in [0.25, 0.3) is 5.56 Å². The Bertz CT molecular complexity index is 821. The van der Waals surface area contributed by atoms with Gasteiger partial charge in [0, 0.05) is 18.1 Å². The summed E-state index contributed by atoms with van der Waals surface area (Å²) in [7, 11) is 0. The van der Waals surface area contributed by atoms with Crippen LogP contribution in [0.15, 0.2) is 23.3 Å². The van der Waals surface area contributed by atoms with E-state index in [4.69, 9.17) is 23.2 Å². The molecule has 0 aliphatic carbocycles. The fourth-order valence-electron chi connectivity index (χ4n) is 2.71. The van der Waals surface area contributed by atoms with Crippen molar-refractivity contribution in [1.82, 2.24) is 14.5 Å². The summed E-state index contributed by atoms with van der Waals surface area (Å²) in [4.78, 5) is 31.4. The number of halogens is 2. The highest BCUT2D eigenvalue weighted by Crippen LogP contribution is 2.23. The van der Waals surface area contributed by atoms with Gasteiger partial charge in [-0.2, -0.15) is 0 Å². The van der Waals surface area contributed by atoms with Crippen LogP contribution in [0.1, 0.15) is 27.7 Å². The third kappa shape index (κ3) is 4.95. The molecule has 0 radical (unpaired) electrons. The second kappa shape index (κ2) is 8.19. The van der Waals surface area contributed by atoms with E-state index in [0.717, 1.165) is 0 Å². The quantitative estimate of drug-likeness (QED) is 0.760. The second-order valence-corrected chi connectivity index (χ2v) is 7.89. The molecule has 0 aliphatic rings. The van der Waals surface area contributed by atoms with Gasteiger partial charge in [-0.1, -0.05) is 50.9 Å². The topological polar surface area (TPSA) is 55.2 Å². The lowest BCUT2D eigenvalue weighted by atomic mass is 10.1. The third-order valence-electron chi connectivity index (χ3n) is 3.68. The molecule has 25 heavy (non-hydrogen) atoms. The molecule has 0 spiro atoms. The Kier molecular flexibility index (Phi) is 6.47. The lowest BCUT2D eigenvalue weighted by Crippen LogP contribution is -2.40. The van der Waals surface area contributed by atoms with E-state index in [1.807, 2.05) is 0 Å². The number of benzene rings is 1. The van der Waals surface area contributed by atoms with Gasteiger partial charge in [0.05, 0.1) is 22.3 Å². The van der Waals surface area contributed by atoms with Gasteiger partial charge in [-0.05, 0) is 24.0 Å². The van der Waals surface area contributed by atoms with Crippen LogP contribution in [0.2, 0.25) is 10.0 Å². The van der Waals surface area contributed by atoms with Crippen LogP contribution in [-0.4, -0.2) is 33.4 Å². The van der Waals surface area contributed by atoms with Gasteiger partial charge in [0.1, 0.15) is 6.54 Å². The van der Waals surface area contributed by atoms with Crippen molar-refractivity contribution in [3.63, 3.8) is 0 Å². The summed E-state index contributed by atoms with van der Waals surface area (Å²) in [6, 6.07) is 3.07. The fourth-order valence-corrected chi connectivity index (χ4v) is 3.26. The molecular formula is C18H23Cl2N3O2. The normalized spacial score (nSPS) is 11.5. The van der Waals surface area contributed by atoms with Gasteiger partial charge in [0.2, 0.25) is 5.91 Å². The number of carbonyl (C=O) groups is 1. The summed E-state index contributed by atoms with van der Waals surface area (Å²) < 4.78 is 1.31. The molecule has 1 amide bonds. The predicted molar refractivity (Wildman–Crippen MR) is 102 cm³/mol. The second-order valence-electron chi connectivity index (χ2n) is 7.05. The fraction of sp³-hybridized carbons (Fsp3) is 0.500. The molecule has 0 unspecified atom stereocenters. The van der Waals surface area contributed by atoms with Crippen molar-refractivity contribution in [2.45, 2.75) is 34.2 Å². The molecule has 5 nitrogen and oxygen atoms in total. The Morgan fingerprint density at radius 2 is 1.76 bits per heavy atom. The molecule has 1 aromatic heterocycles. The van der Waals surface area contributed by atoms with E-state index in [1.165, 1.54) is 17.0 Å². The number of fused-ring (bicyclic) bond motifs is 1. The van der Waals surface area contributed by atoms with Crippen LogP contribution in [-0.2, 0) is 11.3 Å². The predicted octanol–water partition coefficient (Wildman–Crippen LogP) is 3.84. The first-order valence-electron chi connectivity index (χ1n) is 8.31. The van der Waals surface area contributed by atoms with E-state index in [1.54, 1.807) is 11.0 Å². The molecule has 0 aliphatic heterocycles. The van der Waals surface area contributed by atoms with E-state index in [2.05, 4.69) is 32.7 Å². The van der Waals surface area contributed by atoms with Gasteiger partial charge in [0.15, 0.2) is 0 Å². The average molecular weight is 384 g/mol. The molecule has 1 aromatic carbocycles. The standard InChI is InChI=1S/C18H23Cl2N3O2/c1-11(2)7-22(8-12(3)4)16(24)9-23-10-21-17-14(18(23)25)5-13(19)6-15(17)20/h5-6,10-12H,7-9H2,1-4H3. The minimum Gasteiger partial charge on any atom is -0.341 e. The molecule has 0 fully saturated rings. The monoisotopic (exact) mass is 383 g/mol. The first kappa shape index (κ1) is 19.7. The average Bonchev–Trinajstić information content (AvgIpc) is 2.48. The number of aromatic nitrogens is 2. The summed E-state index contributed by atoms with van der Waals surface area (Å²) >= 11 is 12.1. The van der Waals surface area contributed by atoms with Crippen LogP contribution in [0.4, 0.5) is 0 Å². The molecular weight excluding hydrogens is 361 g/mol. The van der Waals surface area contributed by atoms with Crippen LogP contribution >= 0.6 is 23.2 Å². The maximum atomic E-state index is 12.7. The maximum absolute atomic E-state index is 12.7. The van der Waals surface area contributed by atoms with Crippen molar-refractivity contribution in [3.8, 4) is 0 Å². The van der Waals surface area contributed by atoms with Crippen molar-refractivity contribution >= 4 is 40.0 Å². The summed E-state index contributed by atoms with van der Waals surface area (Å²) in [5.41, 5.74) is 0.0674. The minimum absolute atomic E-state index is 0.0503. The van der Waals surface area contributed by atoms with E-state index in [-0.39, 0.29) is 18.0 Å². The van der Waals surface area contributed by atoms with E-state index in [0.29, 0.717) is 45.9 Å². The minimum atomic E-state index is -0.322. The molecule has 0 atom stereocenters. The Hall–Kier alpha value is -1.59. The van der Waals surface area contributed by atoms with E-state index < -0.39 is 0 Å². The summed E-state index contributed by atoms with van der Waals surface area (Å²) in [5.74, 6) is 0.609. The van der Waals surface area contributed by atoms with Gasteiger partial charge in [-0.25, -0.2) is 4.98 Å². The van der Waals surface area contributed by atoms with Crippen molar-refractivity contribution < 1.29 is 4.79 Å². The lowest BCUT2D eigenvalue weighted by molar-refractivity contribution is -0.133. The zero-order valence-electron chi connectivity index (χ0n) is 14.9. The molecule has 0 saturated carbocycles. The van der Waals surface area contributed by atoms with E-state index in [9.17, 15) is 9.59 Å². The van der Waals surface area contributed by atoms with Gasteiger partial charge in [-0.15, -0.1) is 0 Å². The molecule has 2 aromatic rings. The van der Waals surface area contributed by atoms with Crippen molar-refractivity contribution in [2.75, 3.05) is 13.1 Å². The summed E-state index contributed by atoms with van der Waals surface area (Å²) in [6.45, 7) is 9.52. The number of hydrogen-bond donors (Lipinski definition) is 0. The Morgan fingerprint density at radius 1 is 1.16 bits per heavy atom.